The van der Waals surface area contributed by atoms with Crippen molar-refractivity contribution < 1.29 is 9.13 Å². The average Bonchev–Trinajstić information content (AvgIpc) is 2.57. The Morgan fingerprint density at radius 3 is 2.81 bits per heavy atom. The van der Waals surface area contributed by atoms with Gasteiger partial charge in [-0.05, 0) is 12.1 Å². The summed E-state index contributed by atoms with van der Waals surface area (Å²) in [6, 6.07) is 6.12. The zero-order valence-electron chi connectivity index (χ0n) is 8.23. The molecule has 2 aromatic rings. The number of nitrogens with zero attached hydrogens (tertiary/aromatic N) is 2. The van der Waals surface area contributed by atoms with Gasteiger partial charge >= 0.3 is 0 Å². The second-order valence-corrected chi connectivity index (χ2v) is 3.51. The highest BCUT2D eigenvalue weighted by molar-refractivity contribution is 6.32. The van der Waals surface area contributed by atoms with Gasteiger partial charge in [0.15, 0.2) is 24.1 Å². The van der Waals surface area contributed by atoms with E-state index in [0.717, 1.165) is 0 Å². The van der Waals surface area contributed by atoms with E-state index >= 15 is 0 Å². The number of hydrogen-bond donors (Lipinski definition) is 1. The monoisotopic (exact) mass is 241 g/mol. The third-order valence-corrected chi connectivity index (χ3v) is 2.22. The molecule has 2 rings (SSSR count). The summed E-state index contributed by atoms with van der Waals surface area (Å²) in [5.74, 6) is -0.0415. The normalized spacial score (nSPS) is 10.4. The molecule has 0 aliphatic carbocycles. The van der Waals surface area contributed by atoms with Crippen LogP contribution in [0, 0.1) is 5.82 Å². The minimum Gasteiger partial charge on any atom is -0.468 e. The summed E-state index contributed by atoms with van der Waals surface area (Å²) in [4.78, 5) is 0. The maximum absolute atomic E-state index is 13.2. The van der Waals surface area contributed by atoms with E-state index in [1.807, 2.05) is 0 Å². The molecule has 0 spiro atoms. The number of hydrogen-bond acceptors (Lipinski definition) is 3. The van der Waals surface area contributed by atoms with Crippen LogP contribution in [0.2, 0.25) is 5.02 Å². The van der Waals surface area contributed by atoms with Gasteiger partial charge in [-0.1, -0.05) is 23.7 Å². The second-order valence-electron chi connectivity index (χ2n) is 3.11. The van der Waals surface area contributed by atoms with Crippen molar-refractivity contribution in [1.82, 2.24) is 9.78 Å². The Morgan fingerprint density at radius 1 is 1.44 bits per heavy atom. The third-order valence-electron chi connectivity index (χ3n) is 1.93. The number of aromatic nitrogens is 2. The van der Waals surface area contributed by atoms with Crippen molar-refractivity contribution in [2.24, 2.45) is 0 Å². The summed E-state index contributed by atoms with van der Waals surface area (Å²) in [6.45, 7) is 0.0534. The maximum Gasteiger partial charge on any atom is 0.181 e. The van der Waals surface area contributed by atoms with Gasteiger partial charge in [-0.15, -0.1) is 0 Å². The number of para-hydroxylation sites is 1. The Kier molecular flexibility index (Phi) is 2.96. The molecule has 0 fully saturated rings. The van der Waals surface area contributed by atoms with Gasteiger partial charge in [-0.3, -0.25) is 0 Å². The molecule has 4 nitrogen and oxygen atoms in total. The molecule has 1 aromatic heterocycles. The molecule has 0 radical (unpaired) electrons. The SMILES string of the molecule is Nc1nn(COc2ccccc2F)cc1Cl. The van der Waals surface area contributed by atoms with Gasteiger partial charge in [-0.25, -0.2) is 9.07 Å². The van der Waals surface area contributed by atoms with Crippen LogP contribution in [0.3, 0.4) is 0 Å². The van der Waals surface area contributed by atoms with Gasteiger partial charge in [0.2, 0.25) is 0 Å². The third kappa shape index (κ3) is 2.25. The van der Waals surface area contributed by atoms with E-state index in [2.05, 4.69) is 5.10 Å². The Morgan fingerprint density at radius 2 is 2.19 bits per heavy atom. The smallest absolute Gasteiger partial charge is 0.181 e. The Balaban J connectivity index is 2.05. The van der Waals surface area contributed by atoms with E-state index < -0.39 is 5.82 Å². The van der Waals surface area contributed by atoms with Gasteiger partial charge in [0.25, 0.3) is 0 Å². The Hall–Kier alpha value is -1.75. The van der Waals surface area contributed by atoms with Crippen LogP contribution in [0.1, 0.15) is 0 Å². The number of halogens is 2. The van der Waals surface area contributed by atoms with Crippen molar-refractivity contribution in [3.63, 3.8) is 0 Å². The zero-order valence-corrected chi connectivity index (χ0v) is 8.99. The lowest BCUT2D eigenvalue weighted by Gasteiger charge is -2.06. The fourth-order valence-corrected chi connectivity index (χ4v) is 1.33. The molecule has 0 aliphatic heterocycles. The lowest BCUT2D eigenvalue weighted by atomic mass is 10.3. The summed E-state index contributed by atoms with van der Waals surface area (Å²) in [5, 5.41) is 4.21. The first kappa shape index (κ1) is 10.8. The van der Waals surface area contributed by atoms with Crippen molar-refractivity contribution >= 4 is 17.4 Å². The van der Waals surface area contributed by atoms with E-state index in [4.69, 9.17) is 22.1 Å². The fraction of sp³-hybridized carbons (Fsp3) is 0.100. The molecule has 0 amide bonds. The van der Waals surface area contributed by atoms with E-state index in [9.17, 15) is 4.39 Å². The average molecular weight is 242 g/mol. The largest absolute Gasteiger partial charge is 0.468 e. The van der Waals surface area contributed by atoms with Crippen LogP contribution in [0.15, 0.2) is 30.5 Å². The molecular formula is C10H9ClFN3O. The molecule has 0 aliphatic rings. The van der Waals surface area contributed by atoms with Crippen LogP contribution in [-0.2, 0) is 6.73 Å². The van der Waals surface area contributed by atoms with Crippen LogP contribution in [-0.4, -0.2) is 9.78 Å². The fourth-order valence-electron chi connectivity index (χ4n) is 1.18. The van der Waals surface area contributed by atoms with E-state index in [1.54, 1.807) is 12.1 Å². The molecule has 2 N–H and O–H groups in total. The maximum atomic E-state index is 13.2. The molecule has 1 aromatic carbocycles. The first-order valence-corrected chi connectivity index (χ1v) is 4.90. The molecule has 1 heterocycles. The van der Waals surface area contributed by atoms with E-state index in [0.29, 0.717) is 5.02 Å². The minimum atomic E-state index is -0.422. The molecular weight excluding hydrogens is 233 g/mol. The molecule has 84 valence electrons. The van der Waals surface area contributed by atoms with Crippen LogP contribution < -0.4 is 10.5 Å². The summed E-state index contributed by atoms with van der Waals surface area (Å²) < 4.78 is 19.8. The van der Waals surface area contributed by atoms with Crippen LogP contribution in [0.5, 0.6) is 5.75 Å². The zero-order chi connectivity index (χ0) is 11.5. The molecule has 0 bridgehead atoms. The number of nitrogens with two attached hydrogens (primary N) is 1. The molecule has 6 heteroatoms. The first-order valence-electron chi connectivity index (χ1n) is 4.52. The number of rotatable bonds is 3. The van der Waals surface area contributed by atoms with Crippen molar-refractivity contribution in [2.45, 2.75) is 6.73 Å². The molecule has 0 saturated heterocycles. The number of ether oxygens (including phenoxy) is 1. The van der Waals surface area contributed by atoms with Gasteiger partial charge < -0.3 is 10.5 Å². The van der Waals surface area contributed by atoms with Crippen LogP contribution in [0.25, 0.3) is 0 Å². The molecule has 0 saturated carbocycles. The van der Waals surface area contributed by atoms with Gasteiger partial charge in [0, 0.05) is 6.20 Å². The van der Waals surface area contributed by atoms with Gasteiger partial charge in [0.1, 0.15) is 5.02 Å². The summed E-state index contributed by atoms with van der Waals surface area (Å²) in [7, 11) is 0. The summed E-state index contributed by atoms with van der Waals surface area (Å²) in [6.07, 6.45) is 1.51. The standard InChI is InChI=1S/C10H9ClFN3O/c11-7-5-15(14-10(7)13)6-16-9-4-2-1-3-8(9)12/h1-5H,6H2,(H2,13,14). The topological polar surface area (TPSA) is 53.1 Å². The van der Waals surface area contributed by atoms with Gasteiger partial charge in [0.05, 0.1) is 0 Å². The molecule has 0 atom stereocenters. The predicted octanol–water partition coefficient (Wildman–Crippen LogP) is 2.29. The van der Waals surface area contributed by atoms with Crippen molar-refractivity contribution in [1.29, 1.82) is 0 Å². The van der Waals surface area contributed by atoms with Crippen molar-refractivity contribution in [3.05, 3.63) is 41.3 Å². The van der Waals surface area contributed by atoms with Crippen LogP contribution in [0.4, 0.5) is 10.2 Å². The van der Waals surface area contributed by atoms with Crippen molar-refractivity contribution in [2.75, 3.05) is 5.73 Å². The van der Waals surface area contributed by atoms with Gasteiger partial charge in [-0.2, -0.15) is 5.10 Å². The highest BCUT2D eigenvalue weighted by Gasteiger charge is 2.04. The summed E-state index contributed by atoms with van der Waals surface area (Å²) in [5.41, 5.74) is 5.45. The lowest BCUT2D eigenvalue weighted by Crippen LogP contribution is -2.06. The quantitative estimate of drug-likeness (QED) is 0.897. The Bertz CT molecular complexity index is 481. The number of nitrogen functional groups attached to an aromatic ring is 1. The lowest BCUT2D eigenvalue weighted by molar-refractivity contribution is 0.212. The van der Waals surface area contributed by atoms with Crippen molar-refractivity contribution in [3.8, 4) is 5.75 Å². The minimum absolute atomic E-state index is 0.0534. The highest BCUT2D eigenvalue weighted by Crippen LogP contribution is 2.18. The predicted molar refractivity (Wildman–Crippen MR) is 58.7 cm³/mol. The van der Waals surface area contributed by atoms with Crippen LogP contribution >= 0.6 is 11.6 Å². The van der Waals surface area contributed by atoms with E-state index in [-0.39, 0.29) is 18.3 Å². The molecule has 0 unspecified atom stereocenters. The Labute approximate surface area is 96.4 Å². The van der Waals surface area contributed by atoms with E-state index in [1.165, 1.54) is 23.0 Å². The number of benzene rings is 1. The first-order chi connectivity index (χ1) is 7.66. The second kappa shape index (κ2) is 4.40. The highest BCUT2D eigenvalue weighted by atomic mass is 35.5. The summed E-state index contributed by atoms with van der Waals surface area (Å²) >= 11 is 5.70. The number of anilines is 1. The molecule has 16 heavy (non-hydrogen) atoms.